The van der Waals surface area contributed by atoms with Crippen molar-refractivity contribution in [3.05, 3.63) is 65.4 Å². The van der Waals surface area contributed by atoms with E-state index < -0.39 is 36.9 Å². The van der Waals surface area contributed by atoms with Crippen LogP contribution in [0.3, 0.4) is 0 Å². The Morgan fingerprint density at radius 1 is 1.03 bits per heavy atom. The summed E-state index contributed by atoms with van der Waals surface area (Å²) in [4.78, 5) is 49.1. The third kappa shape index (κ3) is 6.05. The van der Waals surface area contributed by atoms with Crippen LogP contribution in [0.4, 0.5) is 5.69 Å². The van der Waals surface area contributed by atoms with E-state index in [-0.39, 0.29) is 22.9 Å². The number of esters is 2. The number of amides is 2. The van der Waals surface area contributed by atoms with Crippen molar-refractivity contribution in [2.45, 2.75) is 6.92 Å². The molecule has 2 amide bonds. The van der Waals surface area contributed by atoms with Gasteiger partial charge in [0.05, 0.1) is 18.6 Å². The van der Waals surface area contributed by atoms with Crippen LogP contribution < -0.4 is 10.6 Å². The topological polar surface area (TPSA) is 124 Å². The highest BCUT2D eigenvalue weighted by Gasteiger charge is 2.20. The number of carbonyl (C=O) groups is 4. The van der Waals surface area contributed by atoms with Crippen molar-refractivity contribution in [2.24, 2.45) is 0 Å². The third-order valence-electron chi connectivity index (χ3n) is 4.03. The number of nitrogens with one attached hydrogen (secondary N) is 2. The summed E-state index contributed by atoms with van der Waals surface area (Å²) in [5.41, 5.74) is 1.14. The number of benzene rings is 1. The first-order chi connectivity index (χ1) is 15.5. The summed E-state index contributed by atoms with van der Waals surface area (Å²) in [6.07, 6.45) is 1.33. The Labute approximate surface area is 187 Å². The van der Waals surface area contributed by atoms with E-state index in [0.29, 0.717) is 0 Å². The van der Waals surface area contributed by atoms with E-state index in [2.05, 4.69) is 10.6 Å². The molecule has 1 aromatic carbocycles. The molecule has 10 heteroatoms. The van der Waals surface area contributed by atoms with Gasteiger partial charge in [-0.2, -0.15) is 0 Å². The Hall–Kier alpha value is -3.92. The molecule has 0 spiro atoms. The molecule has 0 fully saturated rings. The number of thiophene rings is 1. The van der Waals surface area contributed by atoms with Gasteiger partial charge >= 0.3 is 11.9 Å². The Kier molecular flexibility index (Phi) is 7.76. The molecule has 0 aliphatic carbocycles. The molecular weight excluding hydrogens is 436 g/mol. The minimum Gasteiger partial charge on any atom is -0.462 e. The molecule has 0 aliphatic heterocycles. The van der Waals surface area contributed by atoms with Gasteiger partial charge in [-0.3, -0.25) is 14.4 Å². The van der Waals surface area contributed by atoms with Crippen molar-refractivity contribution in [2.75, 3.05) is 25.1 Å². The molecule has 0 atom stereocenters. The van der Waals surface area contributed by atoms with Crippen molar-refractivity contribution in [3.63, 3.8) is 0 Å². The summed E-state index contributed by atoms with van der Waals surface area (Å²) >= 11 is 1.18. The molecule has 9 nitrogen and oxygen atoms in total. The molecule has 2 heterocycles. The van der Waals surface area contributed by atoms with Gasteiger partial charge in [-0.1, -0.05) is 30.3 Å². The zero-order chi connectivity index (χ0) is 22.9. The molecular formula is C22H20N2O7S. The van der Waals surface area contributed by atoms with Crippen LogP contribution in [0.2, 0.25) is 0 Å². The monoisotopic (exact) mass is 456 g/mol. The largest absolute Gasteiger partial charge is 0.462 e. The molecule has 3 aromatic rings. The maximum absolute atomic E-state index is 12.3. The van der Waals surface area contributed by atoms with Gasteiger partial charge < -0.3 is 24.5 Å². The molecule has 0 aliphatic rings. The van der Waals surface area contributed by atoms with Gasteiger partial charge in [0.2, 0.25) is 0 Å². The summed E-state index contributed by atoms with van der Waals surface area (Å²) in [6.45, 7) is 0.851. The molecule has 2 N–H and O–H groups in total. The minimum absolute atomic E-state index is 0.0497. The molecule has 3 rings (SSSR count). The lowest BCUT2D eigenvalue weighted by Gasteiger charge is -2.07. The van der Waals surface area contributed by atoms with E-state index in [1.54, 1.807) is 13.0 Å². The first-order valence-corrected chi connectivity index (χ1v) is 10.4. The van der Waals surface area contributed by atoms with Crippen LogP contribution in [-0.4, -0.2) is 43.5 Å². The fourth-order valence-electron chi connectivity index (χ4n) is 2.61. The highest BCUT2D eigenvalue weighted by atomic mass is 32.1. The van der Waals surface area contributed by atoms with E-state index in [1.165, 1.54) is 29.7 Å². The second kappa shape index (κ2) is 10.9. The van der Waals surface area contributed by atoms with Crippen LogP contribution in [0.25, 0.3) is 10.4 Å². The Bertz CT molecular complexity index is 1090. The fraction of sp³-hybridized carbons (Fsp3) is 0.182. The number of anilines is 1. The van der Waals surface area contributed by atoms with Crippen LogP contribution in [0, 0.1) is 0 Å². The normalized spacial score (nSPS) is 10.3. The lowest BCUT2D eigenvalue weighted by atomic mass is 10.2. The van der Waals surface area contributed by atoms with Crippen LogP contribution in [0.5, 0.6) is 0 Å². The predicted octanol–water partition coefficient (Wildman–Crippen LogP) is 3.10. The number of hydrogen-bond donors (Lipinski definition) is 2. The van der Waals surface area contributed by atoms with Gasteiger partial charge in [0.15, 0.2) is 12.4 Å². The van der Waals surface area contributed by atoms with Crippen molar-refractivity contribution in [3.8, 4) is 10.4 Å². The van der Waals surface area contributed by atoms with Crippen molar-refractivity contribution >= 4 is 40.8 Å². The number of ether oxygens (including phenoxy) is 2. The molecule has 32 heavy (non-hydrogen) atoms. The standard InChI is InChI=1S/C22H20N2O7S/c1-2-29-22(28)20-15(11-17(32-20)14-7-4-3-5-8-14)24-18(25)13-31-19(26)12-23-21(27)16-9-6-10-30-16/h3-11H,2,12-13H2,1H3,(H,23,27)(H,24,25). The molecule has 2 aromatic heterocycles. The lowest BCUT2D eigenvalue weighted by Crippen LogP contribution is -2.32. The second-order valence-electron chi connectivity index (χ2n) is 6.31. The highest BCUT2D eigenvalue weighted by Crippen LogP contribution is 2.35. The summed E-state index contributed by atoms with van der Waals surface area (Å²) in [5, 5.41) is 4.89. The highest BCUT2D eigenvalue weighted by molar-refractivity contribution is 7.18. The van der Waals surface area contributed by atoms with Gasteiger partial charge in [-0.25, -0.2) is 4.79 Å². The number of furan rings is 1. The van der Waals surface area contributed by atoms with E-state index in [0.717, 1.165) is 10.4 Å². The summed E-state index contributed by atoms with van der Waals surface area (Å²) in [7, 11) is 0. The number of hydrogen-bond acceptors (Lipinski definition) is 8. The van der Waals surface area contributed by atoms with Crippen LogP contribution >= 0.6 is 11.3 Å². The zero-order valence-corrected chi connectivity index (χ0v) is 17.9. The maximum atomic E-state index is 12.3. The van der Waals surface area contributed by atoms with Crippen LogP contribution in [0.15, 0.2) is 59.2 Å². The van der Waals surface area contributed by atoms with Gasteiger partial charge in [0, 0.05) is 4.88 Å². The van der Waals surface area contributed by atoms with E-state index in [1.807, 2.05) is 30.3 Å². The molecule has 0 saturated carbocycles. The van der Waals surface area contributed by atoms with E-state index in [4.69, 9.17) is 13.9 Å². The minimum atomic E-state index is -0.805. The molecule has 0 saturated heterocycles. The molecule has 0 unspecified atom stereocenters. The van der Waals surface area contributed by atoms with Crippen molar-refractivity contribution in [1.29, 1.82) is 0 Å². The SMILES string of the molecule is CCOC(=O)c1sc(-c2ccccc2)cc1NC(=O)COC(=O)CNC(=O)c1ccco1. The van der Waals surface area contributed by atoms with Gasteiger partial charge in [0.25, 0.3) is 11.8 Å². The quantitative estimate of drug-likeness (QED) is 0.474. The van der Waals surface area contributed by atoms with E-state index >= 15 is 0 Å². The average Bonchev–Trinajstić information content (AvgIpc) is 3.47. The van der Waals surface area contributed by atoms with Crippen molar-refractivity contribution in [1.82, 2.24) is 5.32 Å². The maximum Gasteiger partial charge on any atom is 0.350 e. The van der Waals surface area contributed by atoms with Crippen LogP contribution in [-0.2, 0) is 19.1 Å². The summed E-state index contributed by atoms with van der Waals surface area (Å²) < 4.78 is 14.9. The van der Waals surface area contributed by atoms with Gasteiger partial charge in [0.1, 0.15) is 11.4 Å². The summed E-state index contributed by atoms with van der Waals surface area (Å²) in [5.74, 6) is -2.54. The molecule has 0 bridgehead atoms. The van der Waals surface area contributed by atoms with Gasteiger partial charge in [-0.05, 0) is 30.7 Å². The third-order valence-corrected chi connectivity index (χ3v) is 5.19. The first-order valence-electron chi connectivity index (χ1n) is 9.61. The van der Waals surface area contributed by atoms with Crippen molar-refractivity contribution < 1.29 is 33.1 Å². The van der Waals surface area contributed by atoms with Gasteiger partial charge in [-0.15, -0.1) is 11.3 Å². The first kappa shape index (κ1) is 22.8. The predicted molar refractivity (Wildman–Crippen MR) is 116 cm³/mol. The number of rotatable bonds is 9. The molecule has 166 valence electrons. The Balaban J connectivity index is 1.58. The average molecular weight is 456 g/mol. The lowest BCUT2D eigenvalue weighted by molar-refractivity contribution is -0.146. The fourth-order valence-corrected chi connectivity index (χ4v) is 3.62. The Morgan fingerprint density at radius 3 is 2.50 bits per heavy atom. The Morgan fingerprint density at radius 2 is 1.81 bits per heavy atom. The number of carbonyl (C=O) groups excluding carboxylic acids is 4. The smallest absolute Gasteiger partial charge is 0.350 e. The second-order valence-corrected chi connectivity index (χ2v) is 7.36. The zero-order valence-electron chi connectivity index (χ0n) is 17.1. The molecule has 0 radical (unpaired) electrons. The van der Waals surface area contributed by atoms with Crippen LogP contribution in [0.1, 0.15) is 27.2 Å². The van der Waals surface area contributed by atoms with E-state index in [9.17, 15) is 19.2 Å². The summed E-state index contributed by atoms with van der Waals surface area (Å²) in [6, 6.07) is 14.0.